The fourth-order valence-electron chi connectivity index (χ4n) is 2.51. The molecule has 2 aromatic carbocycles. The van der Waals surface area contributed by atoms with Crippen LogP contribution in [0.25, 0.3) is 11.1 Å². The molecule has 122 valence electrons. The van der Waals surface area contributed by atoms with E-state index in [2.05, 4.69) is 0 Å². The molecule has 23 heavy (non-hydrogen) atoms. The average molecular weight is 317 g/mol. The maximum absolute atomic E-state index is 13.2. The van der Waals surface area contributed by atoms with Crippen LogP contribution >= 0.6 is 0 Å². The van der Waals surface area contributed by atoms with Crippen LogP contribution in [0.2, 0.25) is 0 Å². The molecule has 0 saturated heterocycles. The minimum absolute atomic E-state index is 0.220. The SMILES string of the molecule is N[C@H](Cc1ccc(-c2cccc(F)c2)cc1)C[C@@H](CO)C(=O)O. The second kappa shape index (κ2) is 7.85. The second-order valence-electron chi connectivity index (χ2n) is 5.62. The predicted molar refractivity (Wildman–Crippen MR) is 86.3 cm³/mol. The summed E-state index contributed by atoms with van der Waals surface area (Å²) in [4.78, 5) is 10.9. The summed E-state index contributed by atoms with van der Waals surface area (Å²) in [7, 11) is 0. The van der Waals surface area contributed by atoms with Gasteiger partial charge in [-0.1, -0.05) is 36.4 Å². The highest BCUT2D eigenvalue weighted by atomic mass is 19.1. The van der Waals surface area contributed by atoms with Crippen LogP contribution in [0.15, 0.2) is 48.5 Å². The number of benzene rings is 2. The molecule has 0 aliphatic rings. The van der Waals surface area contributed by atoms with Crippen molar-refractivity contribution < 1.29 is 19.4 Å². The van der Waals surface area contributed by atoms with Crippen LogP contribution < -0.4 is 5.73 Å². The molecule has 0 bridgehead atoms. The first kappa shape index (κ1) is 17.1. The zero-order valence-electron chi connectivity index (χ0n) is 12.7. The van der Waals surface area contributed by atoms with Gasteiger partial charge in [0.25, 0.3) is 0 Å². The molecule has 0 fully saturated rings. The fourth-order valence-corrected chi connectivity index (χ4v) is 2.51. The van der Waals surface area contributed by atoms with Crippen molar-refractivity contribution in [2.24, 2.45) is 11.7 Å². The van der Waals surface area contributed by atoms with Crippen LogP contribution in [0.3, 0.4) is 0 Å². The number of aliphatic carboxylic acids is 1. The van der Waals surface area contributed by atoms with Gasteiger partial charge >= 0.3 is 5.97 Å². The van der Waals surface area contributed by atoms with Crippen molar-refractivity contribution in [3.05, 3.63) is 59.9 Å². The van der Waals surface area contributed by atoms with E-state index in [1.54, 1.807) is 6.07 Å². The Morgan fingerprint density at radius 1 is 1.13 bits per heavy atom. The van der Waals surface area contributed by atoms with E-state index in [1.807, 2.05) is 30.3 Å². The first-order valence-electron chi connectivity index (χ1n) is 7.43. The molecule has 2 aromatic rings. The Kier molecular flexibility index (Phi) is 5.84. The van der Waals surface area contributed by atoms with Crippen LogP contribution in [0.1, 0.15) is 12.0 Å². The molecule has 2 rings (SSSR count). The van der Waals surface area contributed by atoms with Gasteiger partial charge in [0, 0.05) is 6.04 Å². The number of carboxylic acid groups (broad SMARTS) is 1. The fraction of sp³-hybridized carbons (Fsp3) is 0.278. The number of nitrogens with two attached hydrogens (primary N) is 1. The van der Waals surface area contributed by atoms with Crippen molar-refractivity contribution in [3.63, 3.8) is 0 Å². The van der Waals surface area contributed by atoms with Crippen LogP contribution in [-0.2, 0) is 11.2 Å². The summed E-state index contributed by atoms with van der Waals surface area (Å²) in [6, 6.07) is 13.6. The van der Waals surface area contributed by atoms with Crippen molar-refractivity contribution in [1.29, 1.82) is 0 Å². The van der Waals surface area contributed by atoms with Gasteiger partial charge in [-0.25, -0.2) is 4.39 Å². The van der Waals surface area contributed by atoms with E-state index in [-0.39, 0.29) is 18.3 Å². The van der Waals surface area contributed by atoms with Gasteiger partial charge in [-0.05, 0) is 41.7 Å². The topological polar surface area (TPSA) is 83.5 Å². The molecular formula is C18H20FNO3. The number of halogens is 1. The van der Waals surface area contributed by atoms with E-state index < -0.39 is 18.5 Å². The Bertz CT molecular complexity index is 658. The van der Waals surface area contributed by atoms with Gasteiger partial charge in [0.05, 0.1) is 12.5 Å². The normalized spacial score (nSPS) is 13.5. The standard InChI is InChI=1S/C18H20FNO3/c19-16-3-1-2-14(9-16)13-6-4-12(5-7-13)8-17(20)10-15(11-21)18(22)23/h1-7,9,15,17,21H,8,10-11,20H2,(H,22,23)/t15-,17+/m0/s1. The summed E-state index contributed by atoms with van der Waals surface area (Å²) in [5, 5.41) is 18.0. The first-order chi connectivity index (χ1) is 11.0. The van der Waals surface area contributed by atoms with Gasteiger partial charge in [0.1, 0.15) is 5.82 Å². The summed E-state index contributed by atoms with van der Waals surface area (Å²) < 4.78 is 13.2. The van der Waals surface area contributed by atoms with Crippen LogP contribution in [0.4, 0.5) is 4.39 Å². The zero-order chi connectivity index (χ0) is 16.8. The van der Waals surface area contributed by atoms with E-state index in [9.17, 15) is 9.18 Å². The Hall–Kier alpha value is -2.24. The summed E-state index contributed by atoms with van der Waals surface area (Å²) in [6.07, 6.45) is 0.741. The van der Waals surface area contributed by atoms with Crippen molar-refractivity contribution in [3.8, 4) is 11.1 Å². The third kappa shape index (κ3) is 4.87. The molecule has 0 amide bonds. The van der Waals surface area contributed by atoms with Crippen LogP contribution in [-0.4, -0.2) is 28.8 Å². The maximum Gasteiger partial charge on any atom is 0.308 e. The van der Waals surface area contributed by atoms with E-state index in [1.165, 1.54) is 12.1 Å². The van der Waals surface area contributed by atoms with Crippen LogP contribution in [0, 0.1) is 11.7 Å². The summed E-state index contributed by atoms with van der Waals surface area (Å²) >= 11 is 0. The summed E-state index contributed by atoms with van der Waals surface area (Å²) in [5.74, 6) is -2.15. The number of aliphatic hydroxyl groups excluding tert-OH is 1. The largest absolute Gasteiger partial charge is 0.481 e. The molecular weight excluding hydrogens is 297 g/mol. The lowest BCUT2D eigenvalue weighted by Gasteiger charge is -2.16. The van der Waals surface area contributed by atoms with Gasteiger partial charge in [-0.3, -0.25) is 4.79 Å². The average Bonchev–Trinajstić information content (AvgIpc) is 2.53. The van der Waals surface area contributed by atoms with Crippen molar-refractivity contribution in [2.75, 3.05) is 6.61 Å². The molecule has 0 heterocycles. The van der Waals surface area contributed by atoms with Crippen LogP contribution in [0.5, 0.6) is 0 Å². The number of carboxylic acids is 1. The summed E-state index contributed by atoms with van der Waals surface area (Å²) in [5.41, 5.74) is 8.64. The lowest BCUT2D eigenvalue weighted by molar-refractivity contribution is -0.143. The summed E-state index contributed by atoms with van der Waals surface area (Å²) in [6.45, 7) is -0.415. The number of carbonyl (C=O) groups is 1. The lowest BCUT2D eigenvalue weighted by Crippen LogP contribution is -2.31. The van der Waals surface area contributed by atoms with E-state index >= 15 is 0 Å². The quantitative estimate of drug-likeness (QED) is 0.732. The first-order valence-corrected chi connectivity index (χ1v) is 7.43. The Balaban J connectivity index is 2.01. The molecule has 4 nitrogen and oxygen atoms in total. The Morgan fingerprint density at radius 3 is 2.39 bits per heavy atom. The zero-order valence-corrected chi connectivity index (χ0v) is 12.7. The Morgan fingerprint density at radius 2 is 1.83 bits per heavy atom. The highest BCUT2D eigenvalue weighted by Gasteiger charge is 2.19. The molecule has 0 aromatic heterocycles. The Labute approximate surface area is 134 Å². The van der Waals surface area contributed by atoms with Gasteiger partial charge in [0.2, 0.25) is 0 Å². The van der Waals surface area contributed by atoms with E-state index in [4.69, 9.17) is 15.9 Å². The second-order valence-corrected chi connectivity index (χ2v) is 5.62. The molecule has 0 unspecified atom stereocenters. The molecule has 4 N–H and O–H groups in total. The van der Waals surface area contributed by atoms with Gasteiger partial charge in [-0.15, -0.1) is 0 Å². The third-order valence-electron chi connectivity index (χ3n) is 3.77. The maximum atomic E-state index is 13.2. The van der Waals surface area contributed by atoms with Crippen molar-refractivity contribution in [1.82, 2.24) is 0 Å². The smallest absolute Gasteiger partial charge is 0.308 e. The highest BCUT2D eigenvalue weighted by Crippen LogP contribution is 2.21. The molecule has 0 spiro atoms. The van der Waals surface area contributed by atoms with Crippen molar-refractivity contribution >= 4 is 5.97 Å². The minimum Gasteiger partial charge on any atom is -0.481 e. The minimum atomic E-state index is -1.04. The number of aliphatic hydroxyl groups is 1. The number of hydrogen-bond acceptors (Lipinski definition) is 3. The van der Waals surface area contributed by atoms with E-state index in [0.717, 1.165) is 16.7 Å². The van der Waals surface area contributed by atoms with Gasteiger partial charge in [-0.2, -0.15) is 0 Å². The van der Waals surface area contributed by atoms with Gasteiger partial charge in [0.15, 0.2) is 0 Å². The van der Waals surface area contributed by atoms with Gasteiger partial charge < -0.3 is 15.9 Å². The van der Waals surface area contributed by atoms with Crippen molar-refractivity contribution in [2.45, 2.75) is 18.9 Å². The molecule has 0 radical (unpaired) electrons. The number of hydrogen-bond donors (Lipinski definition) is 3. The monoisotopic (exact) mass is 317 g/mol. The lowest BCUT2D eigenvalue weighted by atomic mass is 9.95. The molecule has 2 atom stereocenters. The molecule has 0 aliphatic carbocycles. The van der Waals surface area contributed by atoms with E-state index in [0.29, 0.717) is 6.42 Å². The third-order valence-corrected chi connectivity index (χ3v) is 3.77. The molecule has 0 aliphatic heterocycles. The predicted octanol–water partition coefficient (Wildman–Crippen LogP) is 2.45. The molecule has 5 heteroatoms. The number of rotatable bonds is 7. The molecule has 0 saturated carbocycles. The highest BCUT2D eigenvalue weighted by molar-refractivity contribution is 5.70.